The Kier molecular flexibility index (Phi) is 3.35. The first-order valence-corrected chi connectivity index (χ1v) is 7.36. The third-order valence-corrected chi connectivity index (χ3v) is 4.66. The van der Waals surface area contributed by atoms with Gasteiger partial charge in [0.05, 0.1) is 21.7 Å². The highest BCUT2D eigenvalue weighted by Gasteiger charge is 2.12. The van der Waals surface area contributed by atoms with Crippen LogP contribution in [-0.2, 0) is 4.79 Å². The van der Waals surface area contributed by atoms with E-state index < -0.39 is 0 Å². The molecule has 0 bridgehead atoms. The van der Waals surface area contributed by atoms with Gasteiger partial charge in [-0.3, -0.25) is 9.59 Å². The van der Waals surface area contributed by atoms with Crippen LogP contribution in [0.1, 0.15) is 18.4 Å². The average Bonchev–Trinajstić information content (AvgIpc) is 2.84. The Morgan fingerprint density at radius 2 is 1.81 bits per heavy atom. The van der Waals surface area contributed by atoms with Crippen molar-refractivity contribution in [2.24, 2.45) is 5.73 Å². The molecule has 0 radical (unpaired) electrons. The topological polar surface area (TPSA) is 65.1 Å². The highest BCUT2D eigenvalue weighted by Crippen LogP contribution is 2.21. The van der Waals surface area contributed by atoms with Crippen molar-refractivity contribution in [1.82, 2.24) is 3.96 Å². The summed E-state index contributed by atoms with van der Waals surface area (Å²) in [6.07, 6.45) is 0. The molecule has 1 amide bonds. The van der Waals surface area contributed by atoms with Crippen LogP contribution >= 0.6 is 11.5 Å². The van der Waals surface area contributed by atoms with E-state index in [-0.39, 0.29) is 17.4 Å². The Bertz CT molecular complexity index is 862. The molecule has 1 heterocycles. The molecule has 1 unspecified atom stereocenters. The number of aromatic nitrogens is 1. The highest BCUT2D eigenvalue weighted by atomic mass is 32.1. The summed E-state index contributed by atoms with van der Waals surface area (Å²) in [7, 11) is 0. The molecular formula is C16H14N2O2S. The monoisotopic (exact) mass is 298 g/mol. The molecule has 0 spiro atoms. The quantitative estimate of drug-likeness (QED) is 0.808. The van der Waals surface area contributed by atoms with Crippen LogP contribution in [0.5, 0.6) is 0 Å². The molecule has 1 atom stereocenters. The van der Waals surface area contributed by atoms with Crippen molar-refractivity contribution >= 4 is 27.5 Å². The maximum Gasteiger partial charge on any atom is 0.273 e. The number of carbonyl (C=O) groups excluding carboxylic acids is 1. The van der Waals surface area contributed by atoms with Gasteiger partial charge in [0.15, 0.2) is 0 Å². The first-order chi connectivity index (χ1) is 10.1. The van der Waals surface area contributed by atoms with E-state index in [4.69, 9.17) is 5.73 Å². The maximum absolute atomic E-state index is 12.4. The van der Waals surface area contributed by atoms with Crippen LogP contribution in [0.25, 0.3) is 15.8 Å². The van der Waals surface area contributed by atoms with Crippen molar-refractivity contribution in [3.05, 3.63) is 64.4 Å². The molecule has 106 valence electrons. The number of hydrogen-bond donors (Lipinski definition) is 1. The zero-order valence-corrected chi connectivity index (χ0v) is 12.3. The van der Waals surface area contributed by atoms with Crippen LogP contribution in [-0.4, -0.2) is 9.86 Å². The van der Waals surface area contributed by atoms with Gasteiger partial charge < -0.3 is 5.73 Å². The van der Waals surface area contributed by atoms with Gasteiger partial charge in [0.2, 0.25) is 5.91 Å². The van der Waals surface area contributed by atoms with Crippen LogP contribution in [0, 0.1) is 0 Å². The van der Waals surface area contributed by atoms with Crippen molar-refractivity contribution < 1.29 is 4.79 Å². The number of carbonyl (C=O) groups is 1. The Labute approximate surface area is 125 Å². The fourth-order valence-electron chi connectivity index (χ4n) is 2.20. The minimum Gasteiger partial charge on any atom is -0.369 e. The average molecular weight is 298 g/mol. The lowest BCUT2D eigenvalue weighted by molar-refractivity contribution is -0.119. The molecule has 5 heteroatoms. The molecule has 21 heavy (non-hydrogen) atoms. The summed E-state index contributed by atoms with van der Waals surface area (Å²) in [5.41, 5.74) is 6.92. The summed E-state index contributed by atoms with van der Waals surface area (Å²) in [5.74, 6) is -0.694. The number of benzene rings is 2. The van der Waals surface area contributed by atoms with Crippen molar-refractivity contribution in [1.29, 1.82) is 0 Å². The van der Waals surface area contributed by atoms with Gasteiger partial charge in [-0.05, 0) is 36.8 Å². The smallest absolute Gasteiger partial charge is 0.273 e. The molecule has 0 saturated carbocycles. The minimum atomic E-state index is -0.359. The normalized spacial score (nSPS) is 12.4. The number of fused-ring (bicyclic) bond motifs is 1. The van der Waals surface area contributed by atoms with Crippen LogP contribution in [0.3, 0.4) is 0 Å². The third-order valence-electron chi connectivity index (χ3n) is 3.55. The van der Waals surface area contributed by atoms with E-state index in [1.165, 1.54) is 11.5 Å². The van der Waals surface area contributed by atoms with Gasteiger partial charge in [-0.25, -0.2) is 3.96 Å². The Balaban J connectivity index is 2.05. The molecule has 3 aromatic rings. The van der Waals surface area contributed by atoms with E-state index in [1.54, 1.807) is 10.9 Å². The second-order valence-corrected chi connectivity index (χ2v) is 5.89. The summed E-state index contributed by atoms with van der Waals surface area (Å²) in [6.45, 7) is 1.77. The second kappa shape index (κ2) is 5.18. The number of nitrogens with two attached hydrogens (primary N) is 1. The first kappa shape index (κ1) is 13.6. The van der Waals surface area contributed by atoms with Crippen molar-refractivity contribution in [3.63, 3.8) is 0 Å². The molecular weight excluding hydrogens is 284 g/mol. The van der Waals surface area contributed by atoms with E-state index in [9.17, 15) is 9.59 Å². The van der Waals surface area contributed by atoms with E-state index in [0.717, 1.165) is 21.3 Å². The van der Waals surface area contributed by atoms with Gasteiger partial charge in [0, 0.05) is 0 Å². The second-order valence-electron chi connectivity index (χ2n) is 4.90. The maximum atomic E-state index is 12.4. The number of nitrogens with zero attached hydrogens (tertiary/aromatic N) is 1. The van der Waals surface area contributed by atoms with Gasteiger partial charge in [-0.2, -0.15) is 0 Å². The summed E-state index contributed by atoms with van der Waals surface area (Å²) < 4.78 is 2.61. The van der Waals surface area contributed by atoms with Gasteiger partial charge in [-0.1, -0.05) is 35.8 Å². The highest BCUT2D eigenvalue weighted by molar-refractivity contribution is 7.14. The molecule has 4 nitrogen and oxygen atoms in total. The van der Waals surface area contributed by atoms with Crippen LogP contribution in [0.4, 0.5) is 0 Å². The van der Waals surface area contributed by atoms with E-state index in [0.29, 0.717) is 0 Å². The fraction of sp³-hybridized carbons (Fsp3) is 0.125. The SMILES string of the molecule is CC(C(N)=O)c1ccc(-n2sc3ccccc3c2=O)cc1. The predicted octanol–water partition coefficient (Wildman–Crippen LogP) is 2.64. The number of hydrogen-bond acceptors (Lipinski definition) is 3. The molecule has 0 aliphatic heterocycles. The molecule has 3 rings (SSSR count). The Morgan fingerprint density at radius 3 is 2.43 bits per heavy atom. The minimum absolute atomic E-state index is 0.0219. The van der Waals surface area contributed by atoms with Crippen molar-refractivity contribution in [2.45, 2.75) is 12.8 Å². The summed E-state index contributed by atoms with van der Waals surface area (Å²) in [4.78, 5) is 23.6. The van der Waals surface area contributed by atoms with Crippen LogP contribution in [0.2, 0.25) is 0 Å². The Morgan fingerprint density at radius 1 is 1.14 bits per heavy atom. The van der Waals surface area contributed by atoms with Crippen LogP contribution in [0.15, 0.2) is 53.3 Å². The standard InChI is InChI=1S/C16H14N2O2S/c1-10(15(17)19)11-6-8-12(9-7-11)18-16(20)13-4-2-3-5-14(13)21-18/h2-10H,1H3,(H2,17,19). The molecule has 2 aromatic carbocycles. The lowest BCUT2D eigenvalue weighted by Gasteiger charge is -2.08. The van der Waals surface area contributed by atoms with E-state index in [1.807, 2.05) is 48.5 Å². The number of primary amides is 1. The summed E-state index contributed by atoms with van der Waals surface area (Å²) >= 11 is 1.41. The Hall–Kier alpha value is -2.40. The lowest BCUT2D eigenvalue weighted by atomic mass is 10.0. The molecule has 0 fully saturated rings. The third kappa shape index (κ3) is 2.36. The first-order valence-electron chi connectivity index (χ1n) is 6.58. The number of amides is 1. The van der Waals surface area contributed by atoms with E-state index in [2.05, 4.69) is 0 Å². The predicted molar refractivity (Wildman–Crippen MR) is 85.0 cm³/mol. The summed E-state index contributed by atoms with van der Waals surface area (Å²) in [5, 5.41) is 0.720. The molecule has 0 aliphatic carbocycles. The van der Waals surface area contributed by atoms with Crippen molar-refractivity contribution in [2.75, 3.05) is 0 Å². The van der Waals surface area contributed by atoms with Crippen LogP contribution < -0.4 is 11.3 Å². The number of rotatable bonds is 3. The largest absolute Gasteiger partial charge is 0.369 e. The van der Waals surface area contributed by atoms with Gasteiger partial charge in [-0.15, -0.1) is 0 Å². The summed E-state index contributed by atoms with van der Waals surface area (Å²) in [6, 6.07) is 14.9. The lowest BCUT2D eigenvalue weighted by Crippen LogP contribution is -2.18. The van der Waals surface area contributed by atoms with Gasteiger partial charge >= 0.3 is 0 Å². The van der Waals surface area contributed by atoms with Gasteiger partial charge in [0.25, 0.3) is 5.56 Å². The zero-order valence-electron chi connectivity index (χ0n) is 11.4. The van der Waals surface area contributed by atoms with Gasteiger partial charge in [0.1, 0.15) is 0 Å². The van der Waals surface area contributed by atoms with Crippen molar-refractivity contribution in [3.8, 4) is 5.69 Å². The molecule has 0 aliphatic rings. The zero-order chi connectivity index (χ0) is 15.0. The fourth-order valence-corrected chi connectivity index (χ4v) is 3.20. The molecule has 1 aromatic heterocycles. The molecule has 0 saturated heterocycles. The van der Waals surface area contributed by atoms with E-state index >= 15 is 0 Å². The molecule has 2 N–H and O–H groups in total.